The second-order valence-electron chi connectivity index (χ2n) is 4.82. The van der Waals surface area contributed by atoms with Gasteiger partial charge < -0.3 is 10.2 Å². The highest BCUT2D eigenvalue weighted by Crippen LogP contribution is 2.24. The minimum atomic E-state index is -2.91. The lowest BCUT2D eigenvalue weighted by Gasteiger charge is -2.34. The van der Waals surface area contributed by atoms with E-state index in [0.29, 0.717) is 18.1 Å². The summed E-state index contributed by atoms with van der Waals surface area (Å²) >= 11 is 6.08. The number of sulfone groups is 1. The molecule has 1 fully saturated rings. The Kier molecular flexibility index (Phi) is 4.32. The molecular formula is C12H18ClN3O2S. The molecule has 19 heavy (non-hydrogen) atoms. The summed E-state index contributed by atoms with van der Waals surface area (Å²) in [5.74, 6) is 1.15. The predicted octanol–water partition coefficient (Wildman–Crippen LogP) is 1.08. The van der Waals surface area contributed by atoms with Gasteiger partial charge in [-0.1, -0.05) is 11.6 Å². The van der Waals surface area contributed by atoms with Gasteiger partial charge in [-0.05, 0) is 25.6 Å². The van der Waals surface area contributed by atoms with Crippen LogP contribution in [0.2, 0.25) is 5.02 Å². The van der Waals surface area contributed by atoms with Crippen LogP contribution >= 0.6 is 11.6 Å². The fourth-order valence-electron chi connectivity index (χ4n) is 2.29. The second-order valence-corrected chi connectivity index (χ2v) is 7.46. The van der Waals surface area contributed by atoms with Crippen molar-refractivity contribution in [3.8, 4) is 0 Å². The van der Waals surface area contributed by atoms with Crippen LogP contribution < -0.4 is 10.2 Å². The third-order valence-corrected chi connectivity index (χ3v) is 5.39. The Morgan fingerprint density at radius 3 is 2.95 bits per heavy atom. The minimum absolute atomic E-state index is 0.0603. The van der Waals surface area contributed by atoms with Crippen molar-refractivity contribution >= 4 is 27.3 Å². The third kappa shape index (κ3) is 3.38. The normalized spacial score (nSPS) is 22.5. The van der Waals surface area contributed by atoms with Gasteiger partial charge in [0.25, 0.3) is 0 Å². The number of nitrogens with zero attached hydrogens (tertiary/aromatic N) is 2. The molecule has 1 N–H and O–H groups in total. The van der Waals surface area contributed by atoms with Gasteiger partial charge in [-0.2, -0.15) is 0 Å². The molecule has 1 unspecified atom stereocenters. The fourth-order valence-corrected chi connectivity index (χ4v) is 4.02. The molecular weight excluding hydrogens is 286 g/mol. The van der Waals surface area contributed by atoms with Crippen molar-refractivity contribution in [2.75, 3.05) is 30.0 Å². The SMILES string of the molecule is CNCc1cc(N2CCS(=O)(=O)CC2C)ncc1Cl. The number of halogens is 1. The van der Waals surface area contributed by atoms with Gasteiger partial charge in [0.05, 0.1) is 16.5 Å². The van der Waals surface area contributed by atoms with Gasteiger partial charge in [-0.15, -0.1) is 0 Å². The molecule has 0 amide bonds. The van der Waals surface area contributed by atoms with Gasteiger partial charge in [0.2, 0.25) is 0 Å². The molecule has 0 bridgehead atoms. The second kappa shape index (κ2) is 5.64. The Balaban J connectivity index is 2.25. The van der Waals surface area contributed by atoms with E-state index in [-0.39, 0.29) is 17.5 Å². The van der Waals surface area contributed by atoms with E-state index in [9.17, 15) is 8.42 Å². The quantitative estimate of drug-likeness (QED) is 0.905. The topological polar surface area (TPSA) is 62.3 Å². The highest BCUT2D eigenvalue weighted by molar-refractivity contribution is 7.91. The molecule has 0 aliphatic carbocycles. The number of hydrogen-bond donors (Lipinski definition) is 1. The summed E-state index contributed by atoms with van der Waals surface area (Å²) in [6, 6.07) is 1.86. The summed E-state index contributed by atoms with van der Waals surface area (Å²) < 4.78 is 23.2. The molecule has 0 saturated carbocycles. The number of aromatic nitrogens is 1. The van der Waals surface area contributed by atoms with E-state index in [4.69, 9.17) is 11.6 Å². The van der Waals surface area contributed by atoms with Crippen LogP contribution in [0.5, 0.6) is 0 Å². The lowest BCUT2D eigenvalue weighted by molar-refractivity contribution is 0.566. The van der Waals surface area contributed by atoms with Crippen molar-refractivity contribution in [2.45, 2.75) is 19.5 Å². The molecule has 2 rings (SSSR count). The first-order valence-electron chi connectivity index (χ1n) is 6.19. The highest BCUT2D eigenvalue weighted by atomic mass is 35.5. The number of hydrogen-bond acceptors (Lipinski definition) is 5. The van der Waals surface area contributed by atoms with Gasteiger partial charge in [0, 0.05) is 25.3 Å². The molecule has 1 aromatic rings. The summed E-state index contributed by atoms with van der Waals surface area (Å²) in [6.07, 6.45) is 1.62. The van der Waals surface area contributed by atoms with E-state index in [1.807, 2.05) is 24.9 Å². The summed E-state index contributed by atoms with van der Waals surface area (Å²) in [7, 11) is -1.06. The van der Waals surface area contributed by atoms with Crippen LogP contribution in [-0.2, 0) is 16.4 Å². The molecule has 7 heteroatoms. The average molecular weight is 304 g/mol. The maximum Gasteiger partial charge on any atom is 0.154 e. The Morgan fingerprint density at radius 1 is 1.58 bits per heavy atom. The van der Waals surface area contributed by atoms with E-state index in [1.165, 1.54) is 0 Å². The summed E-state index contributed by atoms with van der Waals surface area (Å²) in [5, 5.41) is 3.67. The Bertz CT molecular complexity index is 562. The average Bonchev–Trinajstić information content (AvgIpc) is 2.32. The van der Waals surface area contributed by atoms with Crippen molar-refractivity contribution in [1.29, 1.82) is 0 Å². The zero-order valence-electron chi connectivity index (χ0n) is 11.1. The van der Waals surface area contributed by atoms with Crippen LogP contribution in [0.25, 0.3) is 0 Å². The third-order valence-electron chi connectivity index (χ3n) is 3.25. The van der Waals surface area contributed by atoms with Crippen LogP contribution in [0.1, 0.15) is 12.5 Å². The van der Waals surface area contributed by atoms with Crippen molar-refractivity contribution in [2.24, 2.45) is 0 Å². The molecule has 0 aromatic carbocycles. The Morgan fingerprint density at radius 2 is 2.32 bits per heavy atom. The first-order chi connectivity index (χ1) is 8.93. The van der Waals surface area contributed by atoms with Crippen LogP contribution in [-0.4, -0.2) is 44.5 Å². The smallest absolute Gasteiger partial charge is 0.154 e. The molecule has 1 saturated heterocycles. The zero-order valence-corrected chi connectivity index (χ0v) is 12.6. The van der Waals surface area contributed by atoms with Crippen molar-refractivity contribution < 1.29 is 8.42 Å². The molecule has 0 spiro atoms. The minimum Gasteiger partial charge on any atom is -0.352 e. The van der Waals surface area contributed by atoms with Crippen LogP contribution in [0, 0.1) is 0 Å². The number of anilines is 1. The lowest BCUT2D eigenvalue weighted by atomic mass is 10.2. The predicted molar refractivity (Wildman–Crippen MR) is 77.5 cm³/mol. The van der Waals surface area contributed by atoms with Gasteiger partial charge in [-0.25, -0.2) is 13.4 Å². The highest BCUT2D eigenvalue weighted by Gasteiger charge is 2.29. The van der Waals surface area contributed by atoms with Gasteiger partial charge >= 0.3 is 0 Å². The summed E-state index contributed by atoms with van der Waals surface area (Å²) in [6.45, 7) is 3.05. The Labute approximate surface area is 118 Å². The summed E-state index contributed by atoms with van der Waals surface area (Å²) in [5.41, 5.74) is 0.967. The zero-order chi connectivity index (χ0) is 14.0. The maximum atomic E-state index is 11.6. The van der Waals surface area contributed by atoms with Crippen molar-refractivity contribution in [3.05, 3.63) is 22.8 Å². The van der Waals surface area contributed by atoms with E-state index < -0.39 is 9.84 Å². The molecule has 2 heterocycles. The van der Waals surface area contributed by atoms with Gasteiger partial charge in [0.15, 0.2) is 9.84 Å². The van der Waals surface area contributed by atoms with Gasteiger partial charge in [0.1, 0.15) is 5.82 Å². The van der Waals surface area contributed by atoms with Crippen LogP contribution in [0.4, 0.5) is 5.82 Å². The molecule has 1 aromatic heterocycles. The maximum absolute atomic E-state index is 11.6. The fraction of sp³-hybridized carbons (Fsp3) is 0.583. The number of rotatable bonds is 3. The number of pyridine rings is 1. The first kappa shape index (κ1) is 14.6. The molecule has 5 nitrogen and oxygen atoms in total. The molecule has 106 valence electrons. The van der Waals surface area contributed by atoms with Crippen LogP contribution in [0.15, 0.2) is 12.3 Å². The molecule has 1 aliphatic heterocycles. The van der Waals surface area contributed by atoms with Crippen molar-refractivity contribution in [3.63, 3.8) is 0 Å². The van der Waals surface area contributed by atoms with Crippen LogP contribution in [0.3, 0.4) is 0 Å². The molecule has 1 atom stereocenters. The van der Waals surface area contributed by atoms with Gasteiger partial charge in [-0.3, -0.25) is 0 Å². The largest absolute Gasteiger partial charge is 0.352 e. The summed E-state index contributed by atoms with van der Waals surface area (Å²) in [4.78, 5) is 6.34. The van der Waals surface area contributed by atoms with E-state index in [1.54, 1.807) is 6.20 Å². The molecule has 0 radical (unpaired) electrons. The monoisotopic (exact) mass is 303 g/mol. The lowest BCUT2D eigenvalue weighted by Crippen LogP contribution is -2.47. The van der Waals surface area contributed by atoms with Crippen molar-refractivity contribution in [1.82, 2.24) is 10.3 Å². The first-order valence-corrected chi connectivity index (χ1v) is 8.39. The molecule has 1 aliphatic rings. The number of nitrogens with one attached hydrogen (secondary N) is 1. The van der Waals surface area contributed by atoms with E-state index in [2.05, 4.69) is 10.3 Å². The van der Waals surface area contributed by atoms with E-state index >= 15 is 0 Å². The Hall–Kier alpha value is -0.850. The standard InChI is InChI=1S/C12H18ClN3O2S/c1-9-8-19(17,18)4-3-16(9)12-5-10(6-14-2)11(13)7-15-12/h5,7,9,14H,3-4,6,8H2,1-2H3. The van der Waals surface area contributed by atoms with E-state index in [0.717, 1.165) is 11.4 Å².